The summed E-state index contributed by atoms with van der Waals surface area (Å²) in [4.78, 5) is 37.2. The van der Waals surface area contributed by atoms with Gasteiger partial charge in [0.1, 0.15) is 4.88 Å². The summed E-state index contributed by atoms with van der Waals surface area (Å²) in [5.41, 5.74) is 0. The van der Waals surface area contributed by atoms with E-state index < -0.39 is 5.97 Å². The minimum absolute atomic E-state index is 0.0106. The van der Waals surface area contributed by atoms with E-state index in [1.54, 1.807) is 17.0 Å². The van der Waals surface area contributed by atoms with Crippen molar-refractivity contribution < 1.29 is 19.1 Å². The van der Waals surface area contributed by atoms with Crippen molar-refractivity contribution in [1.82, 2.24) is 10.2 Å². The number of nitrogens with one attached hydrogen (secondary N) is 1. The Morgan fingerprint density at radius 1 is 1.35 bits per heavy atom. The lowest BCUT2D eigenvalue weighted by Crippen LogP contribution is -2.37. The first-order valence-electron chi connectivity index (χ1n) is 6.25. The number of esters is 1. The second-order valence-corrected chi connectivity index (χ2v) is 5.68. The minimum Gasteiger partial charge on any atom is -0.465 e. The molecule has 0 spiro atoms. The van der Waals surface area contributed by atoms with E-state index in [1.807, 2.05) is 0 Å². The van der Waals surface area contributed by atoms with Gasteiger partial charge < -0.3 is 15.0 Å². The summed E-state index contributed by atoms with van der Waals surface area (Å²) in [6.45, 7) is 2.57. The molecule has 1 fully saturated rings. The van der Waals surface area contributed by atoms with E-state index in [4.69, 9.17) is 0 Å². The van der Waals surface area contributed by atoms with Crippen molar-refractivity contribution in [2.75, 3.05) is 20.2 Å². The number of thiophene rings is 1. The number of likely N-dealkylation sites (tertiary alicyclic amines) is 1. The average molecular weight is 296 g/mol. The number of amides is 2. The lowest BCUT2D eigenvalue weighted by atomic mass is 10.2. The van der Waals surface area contributed by atoms with Gasteiger partial charge in [0.15, 0.2) is 0 Å². The van der Waals surface area contributed by atoms with Crippen LogP contribution in [0.3, 0.4) is 0 Å². The molecule has 2 rings (SSSR count). The number of ether oxygens (including phenoxy) is 1. The van der Waals surface area contributed by atoms with Crippen LogP contribution in [0, 0.1) is 0 Å². The van der Waals surface area contributed by atoms with E-state index in [-0.39, 0.29) is 17.9 Å². The molecule has 1 aromatic rings. The van der Waals surface area contributed by atoms with E-state index in [0.29, 0.717) is 22.8 Å². The van der Waals surface area contributed by atoms with Crippen LogP contribution in [0.4, 0.5) is 0 Å². The molecule has 0 bridgehead atoms. The van der Waals surface area contributed by atoms with Crippen molar-refractivity contribution in [1.29, 1.82) is 0 Å². The standard InChI is InChI=1S/C13H16N2O4S/c1-8(16)14-9-5-6-15(7-9)12(17)10-3-4-11(20-10)13(18)19-2/h3-4,9H,5-7H2,1-2H3,(H,14,16). The molecule has 0 aromatic carbocycles. The summed E-state index contributed by atoms with van der Waals surface area (Å²) in [7, 11) is 1.31. The maximum absolute atomic E-state index is 12.3. The molecule has 0 saturated carbocycles. The zero-order valence-corrected chi connectivity index (χ0v) is 12.2. The van der Waals surface area contributed by atoms with Gasteiger partial charge in [-0.15, -0.1) is 11.3 Å². The molecular weight excluding hydrogens is 280 g/mol. The fraction of sp³-hybridized carbons (Fsp3) is 0.462. The molecule has 20 heavy (non-hydrogen) atoms. The molecule has 1 N–H and O–H groups in total. The Balaban J connectivity index is 2.00. The van der Waals surface area contributed by atoms with Crippen molar-refractivity contribution >= 4 is 29.1 Å². The molecule has 108 valence electrons. The van der Waals surface area contributed by atoms with Gasteiger partial charge in [0.05, 0.1) is 12.0 Å². The smallest absolute Gasteiger partial charge is 0.348 e. The summed E-state index contributed by atoms with van der Waals surface area (Å²) in [6, 6.07) is 3.23. The normalized spacial score (nSPS) is 17.9. The van der Waals surface area contributed by atoms with Crippen LogP contribution in [0.15, 0.2) is 12.1 Å². The Labute approximate surface area is 120 Å². The number of carbonyl (C=O) groups is 3. The molecule has 1 unspecified atom stereocenters. The number of hydrogen-bond donors (Lipinski definition) is 1. The number of carbonyl (C=O) groups excluding carboxylic acids is 3. The van der Waals surface area contributed by atoms with E-state index >= 15 is 0 Å². The maximum Gasteiger partial charge on any atom is 0.348 e. The zero-order valence-electron chi connectivity index (χ0n) is 11.3. The Morgan fingerprint density at radius 3 is 2.70 bits per heavy atom. The lowest BCUT2D eigenvalue weighted by Gasteiger charge is -2.15. The largest absolute Gasteiger partial charge is 0.465 e. The number of nitrogens with zero attached hydrogens (tertiary/aromatic N) is 1. The molecule has 1 aliphatic rings. The van der Waals surface area contributed by atoms with Crippen LogP contribution in [-0.4, -0.2) is 48.9 Å². The molecule has 0 radical (unpaired) electrons. The number of methoxy groups -OCH3 is 1. The Morgan fingerprint density at radius 2 is 2.05 bits per heavy atom. The van der Waals surface area contributed by atoms with E-state index in [0.717, 1.165) is 17.8 Å². The number of hydrogen-bond acceptors (Lipinski definition) is 5. The van der Waals surface area contributed by atoms with E-state index in [1.165, 1.54) is 14.0 Å². The minimum atomic E-state index is -0.438. The summed E-state index contributed by atoms with van der Waals surface area (Å²) in [5.74, 6) is -0.641. The van der Waals surface area contributed by atoms with E-state index in [2.05, 4.69) is 10.1 Å². The van der Waals surface area contributed by atoms with Gasteiger partial charge in [-0.05, 0) is 18.6 Å². The van der Waals surface area contributed by atoms with Gasteiger partial charge in [0.25, 0.3) is 5.91 Å². The molecule has 7 heteroatoms. The molecule has 1 saturated heterocycles. The highest BCUT2D eigenvalue weighted by atomic mass is 32.1. The highest BCUT2D eigenvalue weighted by molar-refractivity contribution is 7.15. The molecule has 2 heterocycles. The van der Waals surface area contributed by atoms with Crippen molar-refractivity contribution in [2.24, 2.45) is 0 Å². The topological polar surface area (TPSA) is 75.7 Å². The third kappa shape index (κ3) is 3.16. The van der Waals surface area contributed by atoms with Crippen LogP contribution in [0.2, 0.25) is 0 Å². The first-order valence-corrected chi connectivity index (χ1v) is 7.07. The van der Waals surface area contributed by atoms with Gasteiger partial charge in [0.2, 0.25) is 5.91 Å². The van der Waals surface area contributed by atoms with Gasteiger partial charge >= 0.3 is 5.97 Å². The van der Waals surface area contributed by atoms with E-state index in [9.17, 15) is 14.4 Å². The molecule has 1 aromatic heterocycles. The van der Waals surface area contributed by atoms with Crippen molar-refractivity contribution in [2.45, 2.75) is 19.4 Å². The quantitative estimate of drug-likeness (QED) is 0.840. The van der Waals surface area contributed by atoms with Crippen molar-refractivity contribution in [3.63, 3.8) is 0 Å². The SMILES string of the molecule is COC(=O)c1ccc(C(=O)N2CCC(NC(C)=O)C2)s1. The van der Waals surface area contributed by atoms with Crippen molar-refractivity contribution in [3.8, 4) is 0 Å². The summed E-state index contributed by atoms with van der Waals surface area (Å²) < 4.78 is 4.61. The zero-order chi connectivity index (χ0) is 14.7. The molecule has 1 aliphatic heterocycles. The summed E-state index contributed by atoms with van der Waals surface area (Å²) in [6.07, 6.45) is 0.751. The van der Waals surface area contributed by atoms with Crippen LogP contribution in [0.25, 0.3) is 0 Å². The van der Waals surface area contributed by atoms with Crippen LogP contribution in [0.1, 0.15) is 32.7 Å². The second kappa shape index (κ2) is 6.04. The average Bonchev–Trinajstić information content (AvgIpc) is 3.05. The Hall–Kier alpha value is -1.89. The number of rotatable bonds is 3. The summed E-state index contributed by atoms with van der Waals surface area (Å²) >= 11 is 1.12. The van der Waals surface area contributed by atoms with Crippen LogP contribution >= 0.6 is 11.3 Å². The first kappa shape index (κ1) is 14.5. The summed E-state index contributed by atoms with van der Waals surface area (Å²) in [5, 5.41) is 2.81. The maximum atomic E-state index is 12.3. The van der Waals surface area contributed by atoms with Gasteiger partial charge in [-0.1, -0.05) is 0 Å². The molecular formula is C13H16N2O4S. The third-order valence-electron chi connectivity index (χ3n) is 3.09. The van der Waals surface area contributed by atoms with Crippen molar-refractivity contribution in [3.05, 3.63) is 21.9 Å². The van der Waals surface area contributed by atoms with Crippen LogP contribution in [-0.2, 0) is 9.53 Å². The van der Waals surface area contributed by atoms with Gasteiger partial charge in [-0.25, -0.2) is 4.79 Å². The third-order valence-corrected chi connectivity index (χ3v) is 4.14. The molecule has 0 aliphatic carbocycles. The Bertz CT molecular complexity index is 540. The second-order valence-electron chi connectivity index (χ2n) is 4.59. The Kier molecular flexibility index (Phi) is 4.39. The molecule has 1 atom stereocenters. The lowest BCUT2D eigenvalue weighted by molar-refractivity contribution is -0.119. The predicted molar refractivity (Wildman–Crippen MR) is 73.8 cm³/mol. The van der Waals surface area contributed by atoms with Crippen LogP contribution in [0.5, 0.6) is 0 Å². The van der Waals surface area contributed by atoms with Gasteiger partial charge in [-0.2, -0.15) is 0 Å². The highest BCUT2D eigenvalue weighted by Crippen LogP contribution is 2.21. The highest BCUT2D eigenvalue weighted by Gasteiger charge is 2.28. The molecule has 6 nitrogen and oxygen atoms in total. The monoisotopic (exact) mass is 296 g/mol. The van der Waals surface area contributed by atoms with Crippen LogP contribution < -0.4 is 5.32 Å². The molecule has 2 amide bonds. The predicted octanol–water partition coefficient (Wildman–Crippen LogP) is 0.885. The van der Waals surface area contributed by atoms with Gasteiger partial charge in [-0.3, -0.25) is 9.59 Å². The fourth-order valence-corrected chi connectivity index (χ4v) is 3.06. The first-order chi connectivity index (χ1) is 9.51. The van der Waals surface area contributed by atoms with Gasteiger partial charge in [0, 0.05) is 26.1 Å². The fourth-order valence-electron chi connectivity index (χ4n) is 2.17.